The minimum Gasteiger partial charge on any atom is -0.364 e. The van der Waals surface area contributed by atoms with Crippen LogP contribution < -0.4 is 20.9 Å². The molecule has 1 aliphatic heterocycles. The van der Waals surface area contributed by atoms with Crippen molar-refractivity contribution in [3.8, 4) is 0 Å². The SMILES string of the molecule is Cc1cc(N2C(=O)CNC2S)ccc1N(c1ccc(Br)cc1)c1nc(C(N)=O)cs1. The highest BCUT2D eigenvalue weighted by atomic mass is 79.9. The molecule has 3 N–H and O–H groups in total. The number of primary amides is 1. The maximum absolute atomic E-state index is 12.2. The Morgan fingerprint density at radius 1 is 1.33 bits per heavy atom. The monoisotopic (exact) mass is 503 g/mol. The third-order valence-electron chi connectivity index (χ3n) is 4.67. The van der Waals surface area contributed by atoms with Gasteiger partial charge in [-0.2, -0.15) is 0 Å². The van der Waals surface area contributed by atoms with Gasteiger partial charge in [-0.3, -0.25) is 24.7 Å². The number of rotatable bonds is 5. The molecule has 0 spiro atoms. The maximum Gasteiger partial charge on any atom is 0.268 e. The Balaban J connectivity index is 1.79. The topological polar surface area (TPSA) is 91.6 Å². The highest BCUT2D eigenvalue weighted by Crippen LogP contribution is 2.40. The van der Waals surface area contributed by atoms with Gasteiger partial charge in [0.05, 0.1) is 12.2 Å². The van der Waals surface area contributed by atoms with Crippen LogP contribution in [0.3, 0.4) is 0 Å². The third-order valence-corrected chi connectivity index (χ3v) is 6.44. The number of hydrogen-bond acceptors (Lipinski definition) is 7. The summed E-state index contributed by atoms with van der Waals surface area (Å²) in [5, 5.41) is 5.28. The van der Waals surface area contributed by atoms with Crippen LogP contribution in [0.5, 0.6) is 0 Å². The molecule has 1 saturated heterocycles. The van der Waals surface area contributed by atoms with Gasteiger partial charge in [0.15, 0.2) is 5.13 Å². The van der Waals surface area contributed by atoms with Crippen molar-refractivity contribution < 1.29 is 9.59 Å². The molecule has 1 fully saturated rings. The third kappa shape index (κ3) is 3.95. The van der Waals surface area contributed by atoms with Crippen LogP contribution in [0.2, 0.25) is 0 Å². The number of halogens is 1. The molecule has 154 valence electrons. The molecule has 7 nitrogen and oxygen atoms in total. The first-order valence-electron chi connectivity index (χ1n) is 9.00. The van der Waals surface area contributed by atoms with Crippen molar-refractivity contribution in [3.05, 3.63) is 63.6 Å². The fourth-order valence-corrected chi connectivity index (χ4v) is 4.70. The number of aromatic nitrogens is 1. The van der Waals surface area contributed by atoms with Gasteiger partial charge >= 0.3 is 0 Å². The number of hydrogen-bond donors (Lipinski definition) is 3. The second-order valence-electron chi connectivity index (χ2n) is 6.68. The van der Waals surface area contributed by atoms with Gasteiger partial charge in [0.1, 0.15) is 11.2 Å². The number of carbonyl (C=O) groups excluding carboxylic acids is 2. The lowest BCUT2D eigenvalue weighted by Gasteiger charge is -2.26. The van der Waals surface area contributed by atoms with Crippen LogP contribution in [0.4, 0.5) is 22.2 Å². The number of carbonyl (C=O) groups is 2. The molecule has 2 aromatic carbocycles. The Morgan fingerprint density at radius 2 is 2.07 bits per heavy atom. The predicted molar refractivity (Wildman–Crippen MR) is 126 cm³/mol. The van der Waals surface area contributed by atoms with E-state index in [2.05, 4.69) is 38.9 Å². The van der Waals surface area contributed by atoms with E-state index in [1.807, 2.05) is 54.3 Å². The van der Waals surface area contributed by atoms with Crippen LogP contribution in [0.25, 0.3) is 0 Å². The summed E-state index contributed by atoms with van der Waals surface area (Å²) in [6.07, 6.45) is 0. The van der Waals surface area contributed by atoms with E-state index in [1.165, 1.54) is 11.3 Å². The number of anilines is 4. The van der Waals surface area contributed by atoms with E-state index in [0.717, 1.165) is 27.1 Å². The second kappa shape index (κ2) is 8.38. The Morgan fingerprint density at radius 3 is 2.63 bits per heavy atom. The molecule has 30 heavy (non-hydrogen) atoms. The standard InChI is InChI=1S/C20H18BrN5O2S2/c1-11-8-14(26-17(27)9-23-19(26)29)6-7-16(11)25(13-4-2-12(21)3-5-13)20-24-15(10-30-20)18(22)28/h2-8,10,19,23,29H,9H2,1H3,(H2,22,28). The van der Waals surface area contributed by atoms with Crippen LogP contribution in [0, 0.1) is 6.92 Å². The lowest BCUT2D eigenvalue weighted by Crippen LogP contribution is -2.32. The Hall–Kier alpha value is -2.40. The van der Waals surface area contributed by atoms with Gasteiger partial charge in [-0.05, 0) is 55.0 Å². The van der Waals surface area contributed by atoms with E-state index in [4.69, 9.17) is 5.73 Å². The minimum absolute atomic E-state index is 0.0297. The van der Waals surface area contributed by atoms with E-state index < -0.39 is 5.91 Å². The highest BCUT2D eigenvalue weighted by molar-refractivity contribution is 9.10. The molecule has 1 atom stereocenters. The summed E-state index contributed by atoms with van der Waals surface area (Å²) in [4.78, 5) is 31.8. The van der Waals surface area contributed by atoms with Crippen molar-refractivity contribution in [2.75, 3.05) is 16.3 Å². The van der Waals surface area contributed by atoms with Crippen molar-refractivity contribution in [2.45, 2.75) is 12.4 Å². The average Bonchev–Trinajstić information content (AvgIpc) is 3.32. The van der Waals surface area contributed by atoms with Gasteiger partial charge in [-0.1, -0.05) is 15.9 Å². The Kier molecular flexibility index (Phi) is 5.83. The maximum atomic E-state index is 12.2. The van der Waals surface area contributed by atoms with Crippen LogP contribution in [-0.2, 0) is 4.79 Å². The van der Waals surface area contributed by atoms with E-state index in [0.29, 0.717) is 5.13 Å². The van der Waals surface area contributed by atoms with Crippen molar-refractivity contribution in [1.82, 2.24) is 10.3 Å². The number of nitrogens with zero attached hydrogens (tertiary/aromatic N) is 3. The lowest BCUT2D eigenvalue weighted by atomic mass is 10.1. The summed E-state index contributed by atoms with van der Waals surface area (Å²) in [5.74, 6) is -0.599. The summed E-state index contributed by atoms with van der Waals surface area (Å²) >= 11 is 9.23. The number of nitrogens with one attached hydrogen (secondary N) is 1. The molecule has 2 heterocycles. The molecule has 2 amide bonds. The number of nitrogens with two attached hydrogens (primary N) is 1. The molecule has 0 saturated carbocycles. The molecular weight excluding hydrogens is 486 g/mol. The molecule has 1 aliphatic rings. The summed E-state index contributed by atoms with van der Waals surface area (Å²) in [5.41, 5.74) is 8.72. The lowest BCUT2D eigenvalue weighted by molar-refractivity contribution is -0.116. The predicted octanol–water partition coefficient (Wildman–Crippen LogP) is 3.93. The van der Waals surface area contributed by atoms with Gasteiger partial charge in [0.25, 0.3) is 5.91 Å². The Labute approximate surface area is 191 Å². The van der Waals surface area contributed by atoms with Crippen molar-refractivity contribution in [2.24, 2.45) is 5.73 Å². The smallest absolute Gasteiger partial charge is 0.268 e. The molecule has 0 bridgehead atoms. The number of benzene rings is 2. The second-order valence-corrected chi connectivity index (χ2v) is 8.92. The fourth-order valence-electron chi connectivity index (χ4n) is 3.24. The molecular formula is C20H18BrN5O2S2. The number of thiol groups is 1. The average molecular weight is 504 g/mol. The minimum atomic E-state index is -0.569. The molecule has 4 rings (SSSR count). The zero-order valence-electron chi connectivity index (χ0n) is 15.9. The molecule has 1 aromatic heterocycles. The number of amides is 2. The van der Waals surface area contributed by atoms with Crippen molar-refractivity contribution in [1.29, 1.82) is 0 Å². The molecule has 0 aliphatic carbocycles. The van der Waals surface area contributed by atoms with Crippen LogP contribution in [-0.4, -0.2) is 28.8 Å². The van der Waals surface area contributed by atoms with E-state index in [-0.39, 0.29) is 23.6 Å². The van der Waals surface area contributed by atoms with E-state index in [9.17, 15) is 9.59 Å². The van der Waals surface area contributed by atoms with Gasteiger partial charge in [-0.15, -0.1) is 24.0 Å². The van der Waals surface area contributed by atoms with Crippen molar-refractivity contribution >= 4 is 73.9 Å². The summed E-state index contributed by atoms with van der Waals surface area (Å²) in [7, 11) is 0. The van der Waals surface area contributed by atoms with Crippen LogP contribution in [0.1, 0.15) is 16.1 Å². The van der Waals surface area contributed by atoms with Crippen LogP contribution in [0.15, 0.2) is 52.3 Å². The van der Waals surface area contributed by atoms with Crippen LogP contribution >= 0.6 is 39.9 Å². The van der Waals surface area contributed by atoms with E-state index >= 15 is 0 Å². The Bertz CT molecular complexity index is 1120. The summed E-state index contributed by atoms with van der Waals surface area (Å²) in [6.45, 7) is 2.23. The van der Waals surface area contributed by atoms with E-state index in [1.54, 1.807) is 10.3 Å². The number of aryl methyl sites for hydroxylation is 1. The molecule has 0 radical (unpaired) electrons. The zero-order valence-corrected chi connectivity index (χ0v) is 19.2. The highest BCUT2D eigenvalue weighted by Gasteiger charge is 2.29. The summed E-state index contributed by atoms with van der Waals surface area (Å²) < 4.78 is 0.954. The first-order valence-corrected chi connectivity index (χ1v) is 11.2. The first kappa shape index (κ1) is 20.9. The van der Waals surface area contributed by atoms with Gasteiger partial charge in [0.2, 0.25) is 5.91 Å². The first-order chi connectivity index (χ1) is 14.3. The van der Waals surface area contributed by atoms with Gasteiger partial charge < -0.3 is 5.73 Å². The fraction of sp³-hybridized carbons (Fsp3) is 0.150. The summed E-state index contributed by atoms with van der Waals surface area (Å²) in [6, 6.07) is 13.6. The molecule has 1 unspecified atom stereocenters. The van der Waals surface area contributed by atoms with Crippen molar-refractivity contribution in [3.63, 3.8) is 0 Å². The van der Waals surface area contributed by atoms with Gasteiger partial charge in [-0.25, -0.2) is 4.98 Å². The van der Waals surface area contributed by atoms with Gasteiger partial charge in [0, 0.05) is 21.2 Å². The number of thiazole rings is 1. The molecule has 10 heteroatoms. The molecule has 3 aromatic rings. The normalized spacial score (nSPS) is 16.2. The quantitative estimate of drug-likeness (QED) is 0.458. The largest absolute Gasteiger partial charge is 0.364 e. The zero-order chi connectivity index (χ0) is 21.4.